The lowest BCUT2D eigenvalue weighted by molar-refractivity contribution is -0.281. The molecule has 4 aromatic rings. The van der Waals surface area contributed by atoms with Crippen LogP contribution in [-0.4, -0.2) is 62.5 Å². The zero-order chi connectivity index (χ0) is 36.6. The summed E-state index contributed by atoms with van der Waals surface area (Å²) in [6.07, 6.45) is -1.83. The monoisotopic (exact) mass is 698 g/mol. The van der Waals surface area contributed by atoms with Gasteiger partial charge < -0.3 is 37.9 Å². The molecular weight excluding hydrogens is 661 g/mol. The van der Waals surface area contributed by atoms with Crippen molar-refractivity contribution in [3.63, 3.8) is 0 Å². The van der Waals surface area contributed by atoms with E-state index in [4.69, 9.17) is 32.8 Å². The van der Waals surface area contributed by atoms with E-state index in [1.807, 2.05) is 26.0 Å². The van der Waals surface area contributed by atoms with Gasteiger partial charge in [-0.05, 0) is 57.5 Å². The van der Waals surface area contributed by atoms with Crippen molar-refractivity contribution in [1.82, 2.24) is 0 Å². The highest BCUT2D eigenvalue weighted by Crippen LogP contribution is 2.44. The van der Waals surface area contributed by atoms with Gasteiger partial charge in [0.25, 0.3) is 5.60 Å². The highest BCUT2D eigenvalue weighted by Gasteiger charge is 2.64. The third-order valence-electron chi connectivity index (χ3n) is 8.32. The third kappa shape index (κ3) is 6.62. The number of hydrogen-bond donors (Lipinski definition) is 1. The van der Waals surface area contributed by atoms with Gasteiger partial charge in [0.15, 0.2) is 17.6 Å². The maximum Gasteiger partial charge on any atom is 0.432 e. The molecule has 1 aliphatic heterocycles. The second-order valence-corrected chi connectivity index (χ2v) is 12.7. The van der Waals surface area contributed by atoms with Crippen LogP contribution in [0.5, 0.6) is 23.0 Å². The van der Waals surface area contributed by atoms with E-state index in [0.717, 1.165) is 19.2 Å². The van der Waals surface area contributed by atoms with Gasteiger partial charge >= 0.3 is 12.1 Å². The Morgan fingerprint density at radius 1 is 0.980 bits per heavy atom. The molecule has 1 aliphatic rings. The van der Waals surface area contributed by atoms with Crippen LogP contribution in [0, 0.1) is 0 Å². The molecular formula is C37H37F3O10. The normalized spacial score (nSPS) is 15.7. The summed E-state index contributed by atoms with van der Waals surface area (Å²) in [7, 11) is 3.54. The predicted octanol–water partition coefficient (Wildman–Crippen LogP) is 6.83. The quantitative estimate of drug-likeness (QED) is 0.167. The van der Waals surface area contributed by atoms with Crippen LogP contribution in [0.4, 0.5) is 13.2 Å². The van der Waals surface area contributed by atoms with Crippen molar-refractivity contribution in [2.75, 3.05) is 27.9 Å². The molecule has 0 radical (unpaired) electrons. The smallest absolute Gasteiger partial charge is 0.432 e. The van der Waals surface area contributed by atoms with Crippen LogP contribution >= 0.6 is 0 Å². The van der Waals surface area contributed by atoms with Gasteiger partial charge in [-0.3, -0.25) is 4.79 Å². The van der Waals surface area contributed by atoms with Crippen molar-refractivity contribution in [3.8, 4) is 34.1 Å². The summed E-state index contributed by atoms with van der Waals surface area (Å²) < 4.78 is 82.4. The number of carbonyl (C=O) groups excluding carboxylic acids is 1. The fourth-order valence-corrected chi connectivity index (χ4v) is 5.60. The van der Waals surface area contributed by atoms with E-state index in [2.05, 4.69) is 0 Å². The Morgan fingerprint density at radius 2 is 1.68 bits per heavy atom. The van der Waals surface area contributed by atoms with Crippen molar-refractivity contribution in [1.29, 1.82) is 0 Å². The molecule has 0 bridgehead atoms. The maximum absolute atomic E-state index is 14.5. The molecule has 1 aromatic heterocycles. The molecule has 0 fully saturated rings. The van der Waals surface area contributed by atoms with Gasteiger partial charge in [0.2, 0.25) is 5.43 Å². The maximum atomic E-state index is 14.5. The number of carbonyl (C=O) groups is 1. The first-order valence-corrected chi connectivity index (χ1v) is 15.4. The summed E-state index contributed by atoms with van der Waals surface area (Å²) in [5.74, 6) is -0.788. The average Bonchev–Trinajstić information content (AvgIpc) is 3.05. The van der Waals surface area contributed by atoms with Crippen molar-refractivity contribution < 1.29 is 55.9 Å². The first kappa shape index (κ1) is 36.3. The standard InChI is InChI=1S/C37H37F3O10/c1-34(2)16-15-23-26(50-34)18-28-30(32(23)45-6)31(41)24(19-47-28)21-13-14-25(27(17-21)44-5)48-20-29(35(3,4)43)49-33(42)36(46-7,37(38,39)40)22-11-9-8-10-12-22/h8-19,29,43H,20H2,1-7H3/t29-,36-/m1/s1. The van der Waals surface area contributed by atoms with E-state index < -0.39 is 52.7 Å². The summed E-state index contributed by atoms with van der Waals surface area (Å²) in [4.78, 5) is 27.2. The number of alkyl halides is 3. The molecule has 0 saturated heterocycles. The Kier molecular flexibility index (Phi) is 9.70. The number of fused-ring (bicyclic) bond motifs is 2. The van der Waals surface area contributed by atoms with Gasteiger partial charge in [0, 0.05) is 18.7 Å². The third-order valence-corrected chi connectivity index (χ3v) is 8.32. The number of ether oxygens (including phenoxy) is 6. The van der Waals surface area contributed by atoms with Gasteiger partial charge in [-0.1, -0.05) is 36.4 Å². The first-order valence-electron chi connectivity index (χ1n) is 15.4. The molecule has 13 heteroatoms. The molecule has 0 aliphatic carbocycles. The number of methoxy groups -OCH3 is 3. The van der Waals surface area contributed by atoms with Crippen LogP contribution in [0.1, 0.15) is 38.8 Å². The van der Waals surface area contributed by atoms with E-state index >= 15 is 0 Å². The van der Waals surface area contributed by atoms with Crippen molar-refractivity contribution in [2.45, 2.75) is 56.8 Å². The first-order chi connectivity index (χ1) is 23.5. The molecule has 5 rings (SSSR count). The zero-order valence-corrected chi connectivity index (χ0v) is 28.5. The number of esters is 1. The second-order valence-electron chi connectivity index (χ2n) is 12.7. The molecule has 3 aromatic carbocycles. The summed E-state index contributed by atoms with van der Waals surface area (Å²) in [6, 6.07) is 12.5. The van der Waals surface area contributed by atoms with Crippen LogP contribution in [0.2, 0.25) is 0 Å². The van der Waals surface area contributed by atoms with E-state index in [-0.39, 0.29) is 33.8 Å². The summed E-state index contributed by atoms with van der Waals surface area (Å²) in [5, 5.41) is 11.0. The summed E-state index contributed by atoms with van der Waals surface area (Å²) >= 11 is 0. The lowest BCUT2D eigenvalue weighted by Crippen LogP contribution is -2.55. The average molecular weight is 699 g/mol. The van der Waals surface area contributed by atoms with Crippen LogP contribution in [0.25, 0.3) is 28.2 Å². The molecule has 0 unspecified atom stereocenters. The molecule has 0 amide bonds. The predicted molar refractivity (Wildman–Crippen MR) is 178 cm³/mol. The van der Waals surface area contributed by atoms with Gasteiger partial charge in [-0.15, -0.1) is 0 Å². The number of aliphatic hydroxyl groups is 1. The number of benzene rings is 3. The second kappa shape index (κ2) is 13.4. The minimum atomic E-state index is -5.22. The molecule has 0 spiro atoms. The van der Waals surface area contributed by atoms with E-state index in [1.165, 1.54) is 64.7 Å². The lowest BCUT2D eigenvalue weighted by atomic mass is 9.92. The SMILES string of the molecule is COc1cc(-c2coc3cc4c(c(OC)c3c2=O)C=CC(C)(C)O4)ccc1OC[C@@H](OC(=O)[C@](OC)(c1ccccc1)C(F)(F)F)C(C)(C)O. The Balaban J connectivity index is 1.45. The van der Waals surface area contributed by atoms with Crippen molar-refractivity contribution in [3.05, 3.63) is 88.3 Å². The van der Waals surface area contributed by atoms with Gasteiger partial charge in [0.05, 0.1) is 30.9 Å². The highest BCUT2D eigenvalue weighted by atomic mass is 19.4. The highest BCUT2D eigenvalue weighted by molar-refractivity contribution is 5.93. The molecule has 2 heterocycles. The Bertz CT molecular complexity index is 1980. The number of hydrogen-bond acceptors (Lipinski definition) is 10. The minimum absolute atomic E-state index is 0.0835. The van der Waals surface area contributed by atoms with Gasteiger partial charge in [-0.25, -0.2) is 4.79 Å². The van der Waals surface area contributed by atoms with Gasteiger partial charge in [-0.2, -0.15) is 13.2 Å². The Hall–Kier alpha value is -5.01. The Labute approximate surface area is 285 Å². The number of rotatable bonds is 11. The fraction of sp³-hybridized carbons (Fsp3) is 0.351. The zero-order valence-electron chi connectivity index (χ0n) is 28.5. The largest absolute Gasteiger partial charge is 0.495 e. The van der Waals surface area contributed by atoms with Gasteiger partial charge in [0.1, 0.15) is 40.9 Å². The topological polar surface area (TPSA) is 123 Å². The van der Waals surface area contributed by atoms with E-state index in [0.29, 0.717) is 16.9 Å². The molecule has 50 heavy (non-hydrogen) atoms. The van der Waals surface area contributed by atoms with Crippen LogP contribution < -0.4 is 24.4 Å². The fourth-order valence-electron chi connectivity index (χ4n) is 5.60. The van der Waals surface area contributed by atoms with E-state index in [1.54, 1.807) is 12.1 Å². The summed E-state index contributed by atoms with van der Waals surface area (Å²) in [6.45, 7) is 5.72. The minimum Gasteiger partial charge on any atom is -0.495 e. The number of halogens is 3. The lowest BCUT2D eigenvalue weighted by Gasteiger charge is -2.36. The van der Waals surface area contributed by atoms with Crippen LogP contribution in [0.3, 0.4) is 0 Å². The molecule has 266 valence electrons. The van der Waals surface area contributed by atoms with Crippen molar-refractivity contribution in [2.24, 2.45) is 0 Å². The van der Waals surface area contributed by atoms with E-state index in [9.17, 15) is 27.9 Å². The summed E-state index contributed by atoms with van der Waals surface area (Å²) in [5.41, 5.74) is -5.38. The van der Waals surface area contributed by atoms with Crippen LogP contribution in [-0.2, 0) is 19.9 Å². The molecule has 1 N–H and O–H groups in total. The van der Waals surface area contributed by atoms with Crippen molar-refractivity contribution >= 4 is 23.0 Å². The molecule has 10 nitrogen and oxygen atoms in total. The molecule has 0 saturated carbocycles. The van der Waals surface area contributed by atoms with Crippen LogP contribution in [0.15, 0.2) is 76.1 Å². The molecule has 2 atom stereocenters. The Morgan fingerprint density at radius 3 is 2.28 bits per heavy atom.